The SMILES string of the molecule is CCN(CC)c1ccc([C@@H](O)C2=CC(=O)c3ccccc3C2=O)cc1. The number of hydrogen-bond acceptors (Lipinski definition) is 4. The first-order valence-electron chi connectivity index (χ1n) is 8.49. The third-order valence-electron chi connectivity index (χ3n) is 4.62. The van der Waals surface area contributed by atoms with Gasteiger partial charge in [0.25, 0.3) is 0 Å². The molecule has 2 aromatic rings. The van der Waals surface area contributed by atoms with Crippen molar-refractivity contribution < 1.29 is 14.7 Å². The van der Waals surface area contributed by atoms with E-state index in [0.29, 0.717) is 16.7 Å². The van der Waals surface area contributed by atoms with Gasteiger partial charge < -0.3 is 10.0 Å². The van der Waals surface area contributed by atoms with Crippen LogP contribution in [-0.4, -0.2) is 29.8 Å². The summed E-state index contributed by atoms with van der Waals surface area (Å²) in [5.74, 6) is -0.542. The monoisotopic (exact) mass is 335 g/mol. The van der Waals surface area contributed by atoms with E-state index in [1.54, 1.807) is 36.4 Å². The molecule has 0 aromatic heterocycles. The Hall–Kier alpha value is -2.72. The van der Waals surface area contributed by atoms with Gasteiger partial charge in [0.15, 0.2) is 11.6 Å². The van der Waals surface area contributed by atoms with Crippen molar-refractivity contribution in [2.24, 2.45) is 0 Å². The molecule has 4 heteroatoms. The number of benzene rings is 2. The molecular weight excluding hydrogens is 314 g/mol. The molecular formula is C21H21NO3. The third kappa shape index (κ3) is 3.13. The molecule has 1 N–H and O–H groups in total. The van der Waals surface area contributed by atoms with Crippen LogP contribution < -0.4 is 4.90 Å². The largest absolute Gasteiger partial charge is 0.384 e. The number of Topliss-reactive ketones (excluding diaryl/α,β-unsaturated/α-hetero) is 1. The summed E-state index contributed by atoms with van der Waals surface area (Å²) < 4.78 is 0. The predicted octanol–water partition coefficient (Wildman–Crippen LogP) is 3.57. The van der Waals surface area contributed by atoms with Crippen LogP contribution in [0.1, 0.15) is 46.2 Å². The molecule has 128 valence electrons. The molecule has 0 amide bonds. The van der Waals surface area contributed by atoms with E-state index in [0.717, 1.165) is 18.8 Å². The first kappa shape index (κ1) is 17.1. The molecule has 0 aliphatic heterocycles. The van der Waals surface area contributed by atoms with Gasteiger partial charge in [-0.15, -0.1) is 0 Å². The minimum absolute atomic E-state index is 0.124. The Morgan fingerprint density at radius 1 is 0.920 bits per heavy atom. The fourth-order valence-electron chi connectivity index (χ4n) is 3.17. The molecule has 1 aliphatic carbocycles. The number of fused-ring (bicyclic) bond motifs is 1. The van der Waals surface area contributed by atoms with E-state index in [2.05, 4.69) is 18.7 Å². The van der Waals surface area contributed by atoms with E-state index in [1.165, 1.54) is 6.08 Å². The number of carbonyl (C=O) groups excluding carboxylic acids is 2. The van der Waals surface area contributed by atoms with Crippen molar-refractivity contribution in [3.8, 4) is 0 Å². The zero-order chi connectivity index (χ0) is 18.0. The van der Waals surface area contributed by atoms with E-state index in [-0.39, 0.29) is 17.1 Å². The third-order valence-corrected chi connectivity index (χ3v) is 4.62. The molecule has 25 heavy (non-hydrogen) atoms. The lowest BCUT2D eigenvalue weighted by Crippen LogP contribution is -2.22. The Balaban J connectivity index is 1.90. The summed E-state index contributed by atoms with van der Waals surface area (Å²) in [5, 5.41) is 10.6. The Labute approximate surface area is 147 Å². The Morgan fingerprint density at radius 2 is 1.52 bits per heavy atom. The van der Waals surface area contributed by atoms with E-state index < -0.39 is 6.10 Å². The highest BCUT2D eigenvalue weighted by Crippen LogP contribution is 2.31. The van der Waals surface area contributed by atoms with Gasteiger partial charge in [-0.3, -0.25) is 9.59 Å². The Morgan fingerprint density at radius 3 is 2.12 bits per heavy atom. The standard InChI is InChI=1S/C21H21NO3/c1-3-22(4-2)15-11-9-14(10-12-15)20(24)18-13-19(23)16-7-5-6-8-17(16)21(18)25/h5-13,20,24H,3-4H2,1-2H3/t20-/m1/s1. The topological polar surface area (TPSA) is 57.6 Å². The highest BCUT2D eigenvalue weighted by molar-refractivity contribution is 6.24. The van der Waals surface area contributed by atoms with Gasteiger partial charge in [-0.2, -0.15) is 0 Å². The van der Waals surface area contributed by atoms with Crippen molar-refractivity contribution in [3.63, 3.8) is 0 Å². The Bertz CT molecular complexity index is 832. The minimum atomic E-state index is -1.12. The van der Waals surface area contributed by atoms with Gasteiger partial charge in [0.1, 0.15) is 6.10 Å². The minimum Gasteiger partial charge on any atom is -0.384 e. The molecule has 1 atom stereocenters. The fraction of sp³-hybridized carbons (Fsp3) is 0.238. The lowest BCUT2D eigenvalue weighted by Gasteiger charge is -2.23. The second kappa shape index (κ2) is 7.03. The number of hydrogen-bond donors (Lipinski definition) is 1. The van der Waals surface area contributed by atoms with E-state index >= 15 is 0 Å². The normalized spacial score (nSPS) is 14.8. The van der Waals surface area contributed by atoms with Crippen molar-refractivity contribution in [2.45, 2.75) is 20.0 Å². The summed E-state index contributed by atoms with van der Waals surface area (Å²) in [4.78, 5) is 27.1. The maximum Gasteiger partial charge on any atom is 0.192 e. The summed E-state index contributed by atoms with van der Waals surface area (Å²) in [6.45, 7) is 5.96. The summed E-state index contributed by atoms with van der Waals surface area (Å²) in [6, 6.07) is 14.2. The van der Waals surface area contributed by atoms with Crippen LogP contribution in [-0.2, 0) is 0 Å². The maximum absolute atomic E-state index is 12.7. The van der Waals surface area contributed by atoms with Crippen molar-refractivity contribution in [1.29, 1.82) is 0 Å². The van der Waals surface area contributed by atoms with E-state index in [9.17, 15) is 14.7 Å². The number of nitrogens with zero attached hydrogens (tertiary/aromatic N) is 1. The summed E-state index contributed by atoms with van der Waals surface area (Å²) in [5.41, 5.74) is 2.53. The maximum atomic E-state index is 12.7. The van der Waals surface area contributed by atoms with Gasteiger partial charge in [-0.05, 0) is 37.6 Å². The quantitative estimate of drug-likeness (QED) is 0.907. The van der Waals surface area contributed by atoms with Gasteiger partial charge >= 0.3 is 0 Å². The average molecular weight is 335 g/mol. The molecule has 1 aliphatic rings. The van der Waals surface area contributed by atoms with Crippen molar-refractivity contribution in [1.82, 2.24) is 0 Å². The van der Waals surface area contributed by atoms with Gasteiger partial charge in [-0.25, -0.2) is 0 Å². The molecule has 3 rings (SSSR count). The molecule has 0 heterocycles. The first-order valence-corrected chi connectivity index (χ1v) is 8.49. The molecule has 0 radical (unpaired) electrons. The first-order chi connectivity index (χ1) is 12.1. The second-order valence-electron chi connectivity index (χ2n) is 6.00. The molecule has 0 spiro atoms. The number of aliphatic hydroxyl groups is 1. The molecule has 4 nitrogen and oxygen atoms in total. The molecule has 0 unspecified atom stereocenters. The highest BCUT2D eigenvalue weighted by atomic mass is 16.3. The Kier molecular flexibility index (Phi) is 4.81. The summed E-state index contributed by atoms with van der Waals surface area (Å²) in [7, 11) is 0. The van der Waals surface area contributed by atoms with Gasteiger partial charge in [0.05, 0.1) is 0 Å². The van der Waals surface area contributed by atoms with Gasteiger partial charge in [-0.1, -0.05) is 36.4 Å². The van der Waals surface area contributed by atoms with Gasteiger partial charge in [0.2, 0.25) is 0 Å². The van der Waals surface area contributed by atoms with Crippen LogP contribution in [0.25, 0.3) is 0 Å². The van der Waals surface area contributed by atoms with E-state index in [1.807, 2.05) is 12.1 Å². The van der Waals surface area contributed by atoms with E-state index in [4.69, 9.17) is 0 Å². The fourth-order valence-corrected chi connectivity index (χ4v) is 3.17. The van der Waals surface area contributed by atoms with Crippen LogP contribution >= 0.6 is 0 Å². The van der Waals surface area contributed by atoms with Crippen LogP contribution in [0.5, 0.6) is 0 Å². The second-order valence-corrected chi connectivity index (χ2v) is 6.00. The van der Waals surface area contributed by atoms with Crippen LogP contribution in [0.2, 0.25) is 0 Å². The number of allylic oxidation sites excluding steroid dienone is 1. The van der Waals surface area contributed by atoms with Crippen LogP contribution in [0.4, 0.5) is 5.69 Å². The number of ketones is 2. The van der Waals surface area contributed by atoms with Crippen LogP contribution in [0.15, 0.2) is 60.2 Å². The molecule has 0 saturated heterocycles. The van der Waals surface area contributed by atoms with Gasteiger partial charge in [0, 0.05) is 35.5 Å². The van der Waals surface area contributed by atoms with Crippen molar-refractivity contribution in [3.05, 3.63) is 76.9 Å². The number of aliphatic hydroxyl groups excluding tert-OH is 1. The number of rotatable bonds is 5. The molecule has 0 bridgehead atoms. The summed E-state index contributed by atoms with van der Waals surface area (Å²) in [6.07, 6.45) is 0.142. The molecule has 0 saturated carbocycles. The zero-order valence-corrected chi connectivity index (χ0v) is 14.4. The zero-order valence-electron chi connectivity index (χ0n) is 14.4. The highest BCUT2D eigenvalue weighted by Gasteiger charge is 2.29. The van der Waals surface area contributed by atoms with Crippen molar-refractivity contribution in [2.75, 3.05) is 18.0 Å². The van der Waals surface area contributed by atoms with Crippen LogP contribution in [0.3, 0.4) is 0 Å². The smallest absolute Gasteiger partial charge is 0.192 e. The number of anilines is 1. The predicted molar refractivity (Wildman–Crippen MR) is 98.1 cm³/mol. The van der Waals surface area contributed by atoms with Crippen LogP contribution in [0, 0.1) is 0 Å². The lowest BCUT2D eigenvalue weighted by molar-refractivity contribution is 0.0947. The van der Waals surface area contributed by atoms with Crippen molar-refractivity contribution >= 4 is 17.3 Å². The lowest BCUT2D eigenvalue weighted by atomic mass is 9.85. The average Bonchev–Trinajstić information content (AvgIpc) is 2.66. The molecule has 2 aromatic carbocycles. The number of carbonyl (C=O) groups is 2. The summed E-state index contributed by atoms with van der Waals surface area (Å²) >= 11 is 0. The molecule has 0 fully saturated rings.